The van der Waals surface area contributed by atoms with Crippen molar-refractivity contribution < 1.29 is 13.2 Å². The SMILES string of the molecule is CN(C)c1ccc([C@@H](CNC(=O)C[C@H]2CCS(=O)(=O)C2)c2c[nH]c3ccccc23)cc1. The summed E-state index contributed by atoms with van der Waals surface area (Å²) in [5, 5.41) is 4.21. The number of nitrogens with zero attached hydrogens (tertiary/aromatic N) is 1. The van der Waals surface area contributed by atoms with Crippen LogP contribution in [0.1, 0.15) is 29.9 Å². The highest BCUT2D eigenvalue weighted by molar-refractivity contribution is 7.91. The molecule has 0 unspecified atom stereocenters. The highest BCUT2D eigenvalue weighted by atomic mass is 32.2. The lowest BCUT2D eigenvalue weighted by atomic mass is 9.90. The molecule has 0 radical (unpaired) electrons. The third kappa shape index (κ3) is 4.93. The second-order valence-electron chi connectivity index (χ2n) is 8.61. The molecule has 1 saturated heterocycles. The van der Waals surface area contributed by atoms with Crippen LogP contribution >= 0.6 is 0 Å². The topological polar surface area (TPSA) is 82.3 Å². The summed E-state index contributed by atoms with van der Waals surface area (Å²) < 4.78 is 23.4. The van der Waals surface area contributed by atoms with Crippen LogP contribution in [0.3, 0.4) is 0 Å². The zero-order chi connectivity index (χ0) is 22.0. The molecule has 1 aliphatic heterocycles. The number of carbonyl (C=O) groups excluding carboxylic acids is 1. The average Bonchev–Trinajstić information content (AvgIpc) is 3.31. The molecule has 2 heterocycles. The molecule has 0 saturated carbocycles. The van der Waals surface area contributed by atoms with E-state index in [1.165, 1.54) is 0 Å². The second kappa shape index (κ2) is 8.75. The number of benzene rings is 2. The number of para-hydroxylation sites is 1. The molecule has 0 bridgehead atoms. The van der Waals surface area contributed by atoms with Crippen LogP contribution in [0.5, 0.6) is 0 Å². The van der Waals surface area contributed by atoms with Gasteiger partial charge < -0.3 is 15.2 Å². The van der Waals surface area contributed by atoms with Gasteiger partial charge in [0.15, 0.2) is 9.84 Å². The molecule has 6 nitrogen and oxygen atoms in total. The quantitative estimate of drug-likeness (QED) is 0.592. The number of hydrogen-bond acceptors (Lipinski definition) is 4. The van der Waals surface area contributed by atoms with Crippen molar-refractivity contribution in [3.8, 4) is 0 Å². The van der Waals surface area contributed by atoms with Crippen LogP contribution in [0.4, 0.5) is 5.69 Å². The number of amides is 1. The summed E-state index contributed by atoms with van der Waals surface area (Å²) in [6, 6.07) is 16.5. The number of nitrogens with one attached hydrogen (secondary N) is 2. The molecule has 1 amide bonds. The van der Waals surface area contributed by atoms with Crippen molar-refractivity contribution in [2.24, 2.45) is 5.92 Å². The van der Waals surface area contributed by atoms with E-state index in [1.54, 1.807) is 0 Å². The highest BCUT2D eigenvalue weighted by Gasteiger charge is 2.29. The average molecular weight is 440 g/mol. The summed E-state index contributed by atoms with van der Waals surface area (Å²) in [6.07, 6.45) is 2.86. The largest absolute Gasteiger partial charge is 0.378 e. The van der Waals surface area contributed by atoms with Gasteiger partial charge in [0.2, 0.25) is 5.91 Å². The maximum atomic E-state index is 12.6. The van der Waals surface area contributed by atoms with E-state index in [1.807, 2.05) is 38.5 Å². The molecule has 0 aliphatic carbocycles. The first-order chi connectivity index (χ1) is 14.8. The van der Waals surface area contributed by atoms with Crippen LogP contribution in [0.25, 0.3) is 10.9 Å². The van der Waals surface area contributed by atoms with Crippen LogP contribution in [-0.2, 0) is 14.6 Å². The van der Waals surface area contributed by atoms with E-state index >= 15 is 0 Å². The minimum atomic E-state index is -2.97. The molecular weight excluding hydrogens is 410 g/mol. The number of aromatic amines is 1. The van der Waals surface area contributed by atoms with Gasteiger partial charge in [-0.05, 0) is 41.7 Å². The summed E-state index contributed by atoms with van der Waals surface area (Å²) in [4.78, 5) is 18.0. The Morgan fingerprint density at radius 2 is 1.90 bits per heavy atom. The first kappa shape index (κ1) is 21.4. The number of anilines is 1. The van der Waals surface area contributed by atoms with Gasteiger partial charge in [0.25, 0.3) is 0 Å². The molecule has 1 aliphatic rings. The smallest absolute Gasteiger partial charge is 0.220 e. The summed E-state index contributed by atoms with van der Waals surface area (Å²) in [7, 11) is 1.04. The second-order valence-corrected chi connectivity index (χ2v) is 10.8. The van der Waals surface area contributed by atoms with Crippen molar-refractivity contribution in [2.45, 2.75) is 18.8 Å². The Bertz CT molecular complexity index is 1170. The highest BCUT2D eigenvalue weighted by Crippen LogP contribution is 2.31. The number of H-pyrrole nitrogens is 1. The Morgan fingerprint density at radius 3 is 2.58 bits per heavy atom. The zero-order valence-electron chi connectivity index (χ0n) is 18.0. The fourth-order valence-electron chi connectivity index (χ4n) is 4.38. The Morgan fingerprint density at radius 1 is 1.16 bits per heavy atom. The Hall–Kier alpha value is -2.80. The van der Waals surface area contributed by atoms with Crippen LogP contribution in [-0.4, -0.2) is 51.5 Å². The van der Waals surface area contributed by atoms with Crippen molar-refractivity contribution in [1.82, 2.24) is 10.3 Å². The number of fused-ring (bicyclic) bond motifs is 1. The molecular formula is C24H29N3O3S. The van der Waals surface area contributed by atoms with Crippen LogP contribution in [0, 0.1) is 5.92 Å². The number of aromatic nitrogens is 1. The maximum Gasteiger partial charge on any atom is 0.220 e. The summed E-state index contributed by atoms with van der Waals surface area (Å²) >= 11 is 0. The van der Waals surface area contributed by atoms with E-state index in [0.717, 1.165) is 27.7 Å². The maximum absolute atomic E-state index is 12.6. The van der Waals surface area contributed by atoms with E-state index < -0.39 is 9.84 Å². The molecule has 1 aromatic heterocycles. The number of hydrogen-bond donors (Lipinski definition) is 2. The minimum absolute atomic E-state index is 0.0105. The Balaban J connectivity index is 1.55. The van der Waals surface area contributed by atoms with Crippen LogP contribution < -0.4 is 10.2 Å². The van der Waals surface area contributed by atoms with Crippen molar-refractivity contribution in [2.75, 3.05) is 37.0 Å². The van der Waals surface area contributed by atoms with Gasteiger partial charge in [0.05, 0.1) is 11.5 Å². The molecule has 7 heteroatoms. The lowest BCUT2D eigenvalue weighted by molar-refractivity contribution is -0.121. The predicted molar refractivity (Wildman–Crippen MR) is 125 cm³/mol. The molecule has 1 fully saturated rings. The van der Waals surface area contributed by atoms with Crippen molar-refractivity contribution in [3.05, 3.63) is 65.9 Å². The van der Waals surface area contributed by atoms with E-state index in [0.29, 0.717) is 13.0 Å². The third-order valence-electron chi connectivity index (χ3n) is 6.11. The van der Waals surface area contributed by atoms with Gasteiger partial charge in [-0.1, -0.05) is 30.3 Å². The van der Waals surface area contributed by atoms with Gasteiger partial charge in [-0.3, -0.25) is 4.79 Å². The molecule has 2 atom stereocenters. The molecule has 4 rings (SSSR count). The molecule has 164 valence electrons. The summed E-state index contributed by atoms with van der Waals surface area (Å²) in [5.41, 5.74) is 4.44. The lowest BCUT2D eigenvalue weighted by Crippen LogP contribution is -2.30. The summed E-state index contributed by atoms with van der Waals surface area (Å²) in [5.74, 6) is 0.149. The van der Waals surface area contributed by atoms with Crippen molar-refractivity contribution in [3.63, 3.8) is 0 Å². The minimum Gasteiger partial charge on any atom is -0.378 e. The van der Waals surface area contributed by atoms with E-state index in [9.17, 15) is 13.2 Å². The lowest BCUT2D eigenvalue weighted by Gasteiger charge is -2.20. The molecule has 2 aromatic carbocycles. The van der Waals surface area contributed by atoms with Crippen LogP contribution in [0.2, 0.25) is 0 Å². The number of rotatable bonds is 7. The normalized spacial score (nSPS) is 18.7. The zero-order valence-corrected chi connectivity index (χ0v) is 18.8. The molecule has 2 N–H and O–H groups in total. The van der Waals surface area contributed by atoms with Crippen LogP contribution in [0.15, 0.2) is 54.7 Å². The first-order valence-corrected chi connectivity index (χ1v) is 12.4. The summed E-state index contributed by atoms with van der Waals surface area (Å²) in [6.45, 7) is 0.460. The van der Waals surface area contributed by atoms with E-state index in [-0.39, 0.29) is 35.7 Å². The standard InChI is InChI=1S/C24H29N3O3S/c1-27(2)19-9-7-18(8-10-19)21(22-15-25-23-6-4-3-5-20(22)23)14-26-24(28)13-17-11-12-31(29,30)16-17/h3-10,15,17,21,25H,11-14,16H2,1-2H3,(H,26,28)/t17-,21-/m1/s1. The van der Waals surface area contributed by atoms with Gasteiger partial charge in [-0.2, -0.15) is 0 Å². The fourth-order valence-corrected chi connectivity index (χ4v) is 6.24. The van der Waals surface area contributed by atoms with Crippen molar-refractivity contribution >= 4 is 32.3 Å². The third-order valence-corrected chi connectivity index (χ3v) is 7.95. The molecule has 31 heavy (non-hydrogen) atoms. The van der Waals surface area contributed by atoms with Gasteiger partial charge >= 0.3 is 0 Å². The predicted octanol–water partition coefficient (Wildman–Crippen LogP) is 3.31. The van der Waals surface area contributed by atoms with E-state index in [2.05, 4.69) is 45.5 Å². The fraction of sp³-hybridized carbons (Fsp3) is 0.375. The van der Waals surface area contributed by atoms with Gasteiger partial charge in [-0.25, -0.2) is 8.42 Å². The van der Waals surface area contributed by atoms with E-state index in [4.69, 9.17) is 0 Å². The van der Waals surface area contributed by atoms with Gasteiger partial charge in [-0.15, -0.1) is 0 Å². The Labute approximate surface area is 183 Å². The Kier molecular flexibility index (Phi) is 6.05. The van der Waals surface area contributed by atoms with Gasteiger partial charge in [0, 0.05) is 55.8 Å². The van der Waals surface area contributed by atoms with Gasteiger partial charge in [0.1, 0.15) is 0 Å². The first-order valence-electron chi connectivity index (χ1n) is 10.6. The van der Waals surface area contributed by atoms with Crippen molar-refractivity contribution in [1.29, 1.82) is 0 Å². The monoisotopic (exact) mass is 439 g/mol. The molecule has 3 aromatic rings. The number of sulfone groups is 1. The molecule has 0 spiro atoms. The number of carbonyl (C=O) groups is 1.